The van der Waals surface area contributed by atoms with Crippen LogP contribution in [0.3, 0.4) is 0 Å². The summed E-state index contributed by atoms with van der Waals surface area (Å²) < 4.78 is 11.5. The van der Waals surface area contributed by atoms with Crippen LogP contribution >= 0.6 is 0 Å². The van der Waals surface area contributed by atoms with Gasteiger partial charge in [-0.1, -0.05) is 6.92 Å². The summed E-state index contributed by atoms with van der Waals surface area (Å²) in [7, 11) is 11.2. The molecule has 10 heteroatoms. The second-order valence-corrected chi connectivity index (χ2v) is 9.88. The lowest BCUT2D eigenvalue weighted by atomic mass is 10.0. The van der Waals surface area contributed by atoms with Crippen molar-refractivity contribution in [3.63, 3.8) is 0 Å². The first-order valence-electron chi connectivity index (χ1n) is 9.90. The highest BCUT2D eigenvalue weighted by atomic mass is 16.6. The summed E-state index contributed by atoms with van der Waals surface area (Å²) in [5.74, 6) is -3.67. The van der Waals surface area contributed by atoms with Crippen LogP contribution in [0, 0.1) is 5.92 Å². The quantitative estimate of drug-likeness (QED) is 0.300. The van der Waals surface area contributed by atoms with Gasteiger partial charge in [-0.05, 0) is 5.92 Å². The van der Waals surface area contributed by atoms with Crippen LogP contribution in [0.2, 0.25) is 0 Å². The summed E-state index contributed by atoms with van der Waals surface area (Å²) >= 11 is 0. The first kappa shape index (κ1) is 27.8. The van der Waals surface area contributed by atoms with E-state index in [1.54, 1.807) is 6.92 Å². The molecule has 0 bridgehead atoms. The predicted molar refractivity (Wildman–Crippen MR) is 108 cm³/mol. The van der Waals surface area contributed by atoms with Crippen molar-refractivity contribution in [2.75, 3.05) is 55.4 Å². The third-order valence-electron chi connectivity index (χ3n) is 3.93. The number of aliphatic carboxylic acids is 2. The van der Waals surface area contributed by atoms with Gasteiger partial charge in [0, 0.05) is 12.8 Å². The van der Waals surface area contributed by atoms with Crippen LogP contribution in [-0.4, -0.2) is 111 Å². The minimum absolute atomic E-state index is 0.0682. The molecule has 2 N–H and O–H groups in total. The van der Waals surface area contributed by atoms with E-state index < -0.39 is 42.0 Å². The lowest BCUT2D eigenvalue weighted by Crippen LogP contribution is -2.44. The fourth-order valence-corrected chi connectivity index (χ4v) is 3.01. The zero-order chi connectivity index (χ0) is 23.7. The van der Waals surface area contributed by atoms with Gasteiger partial charge in [-0.25, -0.2) is 0 Å². The topological polar surface area (TPSA) is 127 Å². The van der Waals surface area contributed by atoms with E-state index in [2.05, 4.69) is 0 Å². The third kappa shape index (κ3) is 15.7. The van der Waals surface area contributed by atoms with Crippen molar-refractivity contribution in [3.05, 3.63) is 0 Å². The molecule has 0 aromatic heterocycles. The van der Waals surface area contributed by atoms with Crippen LogP contribution < -0.4 is 0 Å². The molecule has 0 aromatic carbocycles. The molecular formula is C20H38N2O8+2. The Hall–Kier alpha value is -2.20. The van der Waals surface area contributed by atoms with Crippen molar-refractivity contribution in [3.8, 4) is 0 Å². The molecule has 0 spiro atoms. The van der Waals surface area contributed by atoms with Crippen molar-refractivity contribution in [1.82, 2.24) is 0 Å². The normalized spacial score (nSPS) is 15.0. The summed E-state index contributed by atoms with van der Waals surface area (Å²) in [5.41, 5.74) is 0. The van der Waals surface area contributed by atoms with E-state index in [0.29, 0.717) is 22.1 Å². The Balaban J connectivity index is 4.74. The molecule has 10 nitrogen and oxygen atoms in total. The van der Waals surface area contributed by atoms with E-state index >= 15 is 0 Å². The molecule has 0 amide bonds. The molecule has 0 saturated heterocycles. The first-order chi connectivity index (χ1) is 13.5. The minimum atomic E-state index is -1.06. The molecule has 2 unspecified atom stereocenters. The molecular weight excluding hydrogens is 396 g/mol. The zero-order valence-electron chi connectivity index (χ0n) is 19.2. The average Bonchev–Trinajstić information content (AvgIpc) is 2.40. The Morgan fingerprint density at radius 2 is 0.967 bits per heavy atom. The molecule has 30 heavy (non-hydrogen) atoms. The predicted octanol–water partition coefficient (Wildman–Crippen LogP) is 0.588. The number of likely N-dealkylation sites (N-methyl/N-ethyl adjacent to an activating group) is 2. The van der Waals surface area contributed by atoms with Gasteiger partial charge >= 0.3 is 23.9 Å². The highest BCUT2D eigenvalue weighted by molar-refractivity contribution is 5.74. The fraction of sp³-hybridized carbons (Fsp3) is 0.800. The maximum atomic E-state index is 12.2. The second kappa shape index (κ2) is 11.8. The molecule has 0 aromatic rings. The van der Waals surface area contributed by atoms with Gasteiger partial charge < -0.3 is 28.7 Å². The van der Waals surface area contributed by atoms with Gasteiger partial charge in [-0.2, -0.15) is 0 Å². The highest BCUT2D eigenvalue weighted by Gasteiger charge is 2.28. The van der Waals surface area contributed by atoms with E-state index in [9.17, 15) is 19.2 Å². The third-order valence-corrected chi connectivity index (χ3v) is 3.93. The molecule has 0 fully saturated rings. The van der Waals surface area contributed by atoms with E-state index in [0.717, 1.165) is 0 Å². The fourth-order valence-electron chi connectivity index (χ4n) is 3.01. The Kier molecular flexibility index (Phi) is 11.0. The molecule has 0 aliphatic heterocycles. The first-order valence-corrected chi connectivity index (χ1v) is 9.90. The van der Waals surface area contributed by atoms with Gasteiger partial charge in [-0.3, -0.25) is 19.2 Å². The standard InChI is InChI=1S/C20H36N2O8/c1-14(8-19(27)29-15(10-17(23)24)12-21(2,3)4)9-20(28)30-16(11-18(25)26)13-22(5,6)7/h14-16H,8-13H2,1-7H3/p+2. The smallest absolute Gasteiger partial charge is 0.307 e. The second-order valence-electron chi connectivity index (χ2n) is 9.88. The van der Waals surface area contributed by atoms with Crippen molar-refractivity contribution >= 4 is 23.9 Å². The van der Waals surface area contributed by atoms with E-state index in [4.69, 9.17) is 19.7 Å². The SMILES string of the molecule is CC(CC(=O)OC(CC(=O)O)C[N+](C)(C)C)CC(=O)OC(CC(=O)O)C[N+](C)(C)C. The summed E-state index contributed by atoms with van der Waals surface area (Å²) in [4.78, 5) is 46.5. The lowest BCUT2D eigenvalue weighted by Gasteiger charge is -2.29. The van der Waals surface area contributed by atoms with Crippen molar-refractivity contribution in [2.24, 2.45) is 5.92 Å². The Bertz CT molecular complexity index is 555. The number of carboxylic acid groups (broad SMARTS) is 2. The van der Waals surface area contributed by atoms with Gasteiger partial charge in [0.25, 0.3) is 0 Å². The van der Waals surface area contributed by atoms with Crippen molar-refractivity contribution in [1.29, 1.82) is 0 Å². The number of nitrogens with zero attached hydrogens (tertiary/aromatic N) is 2. The number of ether oxygens (including phenoxy) is 2. The number of carbonyl (C=O) groups is 4. The number of esters is 2. The van der Waals surface area contributed by atoms with Crippen LogP contribution in [-0.2, 0) is 28.7 Å². The molecule has 0 rings (SSSR count). The zero-order valence-corrected chi connectivity index (χ0v) is 19.2. The van der Waals surface area contributed by atoms with Gasteiger partial charge in [0.2, 0.25) is 0 Å². The lowest BCUT2D eigenvalue weighted by molar-refractivity contribution is -0.873. The van der Waals surface area contributed by atoms with Crippen LogP contribution in [0.15, 0.2) is 0 Å². The van der Waals surface area contributed by atoms with E-state index in [1.807, 2.05) is 42.3 Å². The Morgan fingerprint density at radius 3 is 1.20 bits per heavy atom. The molecule has 0 saturated carbocycles. The molecule has 0 aliphatic rings. The Morgan fingerprint density at radius 1 is 0.667 bits per heavy atom. The molecule has 2 atom stereocenters. The maximum absolute atomic E-state index is 12.2. The minimum Gasteiger partial charge on any atom is -0.481 e. The summed E-state index contributed by atoms with van der Waals surface area (Å²) in [6.45, 7) is 2.37. The molecule has 0 aliphatic carbocycles. The number of carboxylic acids is 2. The van der Waals surface area contributed by atoms with Gasteiger partial charge in [0.1, 0.15) is 13.1 Å². The number of quaternary nitrogens is 2. The largest absolute Gasteiger partial charge is 0.481 e. The van der Waals surface area contributed by atoms with Gasteiger partial charge in [0.15, 0.2) is 12.2 Å². The maximum Gasteiger partial charge on any atom is 0.307 e. The van der Waals surface area contributed by atoms with Gasteiger partial charge in [-0.15, -0.1) is 0 Å². The number of rotatable bonds is 14. The van der Waals surface area contributed by atoms with E-state index in [1.165, 1.54) is 0 Å². The molecule has 0 heterocycles. The average molecular weight is 435 g/mol. The van der Waals surface area contributed by atoms with Crippen molar-refractivity contribution in [2.45, 2.75) is 44.8 Å². The Labute approximate surface area is 178 Å². The van der Waals surface area contributed by atoms with Crippen LogP contribution in [0.4, 0.5) is 0 Å². The van der Waals surface area contributed by atoms with Crippen LogP contribution in [0.1, 0.15) is 32.6 Å². The highest BCUT2D eigenvalue weighted by Crippen LogP contribution is 2.15. The number of hydrogen-bond donors (Lipinski definition) is 2. The monoisotopic (exact) mass is 434 g/mol. The summed E-state index contributed by atoms with van der Waals surface area (Å²) in [5, 5.41) is 18.0. The number of hydrogen-bond acceptors (Lipinski definition) is 6. The summed E-state index contributed by atoms with van der Waals surface area (Å²) in [6.07, 6.45) is -2.25. The van der Waals surface area contributed by atoms with Gasteiger partial charge in [0.05, 0.1) is 55.1 Å². The van der Waals surface area contributed by atoms with Crippen LogP contribution in [0.5, 0.6) is 0 Å². The van der Waals surface area contributed by atoms with Crippen molar-refractivity contribution < 1.29 is 47.8 Å². The molecule has 0 radical (unpaired) electrons. The molecule has 174 valence electrons. The summed E-state index contributed by atoms with van der Waals surface area (Å²) in [6, 6.07) is 0. The number of carbonyl (C=O) groups excluding carboxylic acids is 2. The van der Waals surface area contributed by atoms with Crippen LogP contribution in [0.25, 0.3) is 0 Å². The van der Waals surface area contributed by atoms with E-state index in [-0.39, 0.29) is 25.7 Å².